The molecule has 0 aliphatic carbocycles. The first kappa shape index (κ1) is 20.6. The van der Waals surface area contributed by atoms with Gasteiger partial charge in [-0.1, -0.05) is 54.6 Å². The fourth-order valence-corrected chi connectivity index (χ4v) is 2.99. The molecule has 0 aliphatic heterocycles. The first-order valence-corrected chi connectivity index (χ1v) is 9.66. The Balaban J connectivity index is 1.76. The molecular formula is C25H27NO3. The lowest BCUT2D eigenvalue weighted by Crippen LogP contribution is -2.11. The van der Waals surface area contributed by atoms with Crippen molar-refractivity contribution in [3.05, 3.63) is 95.6 Å². The molecule has 0 aliphatic rings. The highest BCUT2D eigenvalue weighted by Crippen LogP contribution is 2.29. The highest BCUT2D eigenvalue weighted by atomic mass is 16.5. The fourth-order valence-electron chi connectivity index (χ4n) is 2.99. The Bertz CT molecular complexity index is 842. The number of benzene rings is 3. The lowest BCUT2D eigenvalue weighted by molar-refractivity contribution is 0.0988. The van der Waals surface area contributed by atoms with Crippen LogP contribution in [0.2, 0.25) is 0 Å². The second-order valence-electron chi connectivity index (χ2n) is 6.75. The predicted molar refractivity (Wildman–Crippen MR) is 117 cm³/mol. The van der Waals surface area contributed by atoms with Crippen molar-refractivity contribution in [1.29, 1.82) is 0 Å². The van der Waals surface area contributed by atoms with Crippen LogP contribution < -0.4 is 9.47 Å². The summed E-state index contributed by atoms with van der Waals surface area (Å²) in [6, 6.07) is 26.0. The zero-order valence-electron chi connectivity index (χ0n) is 17.1. The van der Waals surface area contributed by atoms with E-state index in [1.165, 1.54) is 0 Å². The van der Waals surface area contributed by atoms with Gasteiger partial charge >= 0.3 is 0 Å². The third-order valence-corrected chi connectivity index (χ3v) is 4.66. The molecule has 0 saturated carbocycles. The first-order chi connectivity index (χ1) is 14.2. The van der Waals surface area contributed by atoms with Crippen molar-refractivity contribution in [3.63, 3.8) is 0 Å². The zero-order chi connectivity index (χ0) is 20.5. The third-order valence-electron chi connectivity index (χ3n) is 4.66. The van der Waals surface area contributed by atoms with Crippen molar-refractivity contribution in [1.82, 2.24) is 0 Å². The molecule has 0 N–H and O–H groups in total. The van der Waals surface area contributed by atoms with Crippen LogP contribution >= 0.6 is 0 Å². The van der Waals surface area contributed by atoms with Crippen LogP contribution in [0.5, 0.6) is 11.5 Å². The summed E-state index contributed by atoms with van der Waals surface area (Å²) < 4.78 is 16.5. The average molecular weight is 389 g/mol. The standard InChI is InChI=1S/C25H27NO3/c1-19(29-18-20-7-5-4-6-8-20)17-26-25(21-9-13-23(27-2)14-10-21)22-11-15-24(28-3)16-12-22/h4-17,19,25H,18H2,1-3H3/t19-/m0/s1. The SMILES string of the molecule is COc1ccc(C(N=C[C@H](C)OCc2ccccc2)c2ccc(OC)cc2)cc1. The quantitative estimate of drug-likeness (QED) is 0.456. The van der Waals surface area contributed by atoms with Crippen LogP contribution in [0.3, 0.4) is 0 Å². The number of hydrogen-bond acceptors (Lipinski definition) is 4. The normalized spacial score (nSPS) is 12.3. The summed E-state index contributed by atoms with van der Waals surface area (Å²) in [6.45, 7) is 2.56. The third kappa shape index (κ3) is 5.93. The summed E-state index contributed by atoms with van der Waals surface area (Å²) in [7, 11) is 3.33. The van der Waals surface area contributed by atoms with Gasteiger partial charge in [0.05, 0.1) is 33.0 Å². The van der Waals surface area contributed by atoms with Crippen LogP contribution in [0.25, 0.3) is 0 Å². The second-order valence-corrected chi connectivity index (χ2v) is 6.75. The molecule has 0 aromatic heterocycles. The highest BCUT2D eigenvalue weighted by molar-refractivity contribution is 5.63. The lowest BCUT2D eigenvalue weighted by Gasteiger charge is -2.16. The molecule has 0 amide bonds. The summed E-state index contributed by atoms with van der Waals surface area (Å²) >= 11 is 0. The van der Waals surface area contributed by atoms with Crippen LogP contribution in [0, 0.1) is 0 Å². The van der Waals surface area contributed by atoms with Crippen LogP contribution in [-0.4, -0.2) is 26.5 Å². The van der Waals surface area contributed by atoms with E-state index in [-0.39, 0.29) is 12.1 Å². The van der Waals surface area contributed by atoms with Gasteiger partial charge in [-0.05, 0) is 47.9 Å². The van der Waals surface area contributed by atoms with Crippen LogP contribution in [0.4, 0.5) is 0 Å². The minimum absolute atomic E-state index is 0.103. The maximum atomic E-state index is 5.93. The van der Waals surface area contributed by atoms with Crippen molar-refractivity contribution in [3.8, 4) is 11.5 Å². The smallest absolute Gasteiger partial charge is 0.118 e. The molecule has 0 unspecified atom stereocenters. The number of nitrogens with zero attached hydrogens (tertiary/aromatic N) is 1. The first-order valence-electron chi connectivity index (χ1n) is 9.66. The Hall–Kier alpha value is -3.11. The molecule has 150 valence electrons. The summed E-state index contributed by atoms with van der Waals surface area (Å²) in [6.07, 6.45) is 1.77. The molecule has 0 bridgehead atoms. The van der Waals surface area contributed by atoms with E-state index in [2.05, 4.69) is 12.1 Å². The number of hydrogen-bond donors (Lipinski definition) is 0. The lowest BCUT2D eigenvalue weighted by atomic mass is 9.99. The number of aliphatic imine (C=N–C) groups is 1. The Morgan fingerprint density at radius 1 is 0.759 bits per heavy atom. The molecule has 29 heavy (non-hydrogen) atoms. The number of methoxy groups -OCH3 is 2. The van der Waals surface area contributed by atoms with E-state index in [1.807, 2.05) is 79.9 Å². The molecule has 3 rings (SSSR count). The van der Waals surface area contributed by atoms with Crippen molar-refractivity contribution < 1.29 is 14.2 Å². The van der Waals surface area contributed by atoms with Crippen molar-refractivity contribution in [2.75, 3.05) is 14.2 Å². The second kappa shape index (κ2) is 10.4. The van der Waals surface area contributed by atoms with Gasteiger partial charge in [-0.3, -0.25) is 4.99 Å². The molecule has 0 saturated heterocycles. The van der Waals surface area contributed by atoms with Gasteiger partial charge in [0, 0.05) is 6.21 Å². The molecule has 0 fully saturated rings. The zero-order valence-corrected chi connectivity index (χ0v) is 17.1. The summed E-state index contributed by atoms with van der Waals surface area (Å²) in [5.41, 5.74) is 3.32. The molecule has 0 heterocycles. The van der Waals surface area contributed by atoms with Gasteiger partial charge in [-0.25, -0.2) is 0 Å². The summed E-state index contributed by atoms with van der Waals surface area (Å²) in [5.74, 6) is 1.65. The largest absolute Gasteiger partial charge is 0.497 e. The van der Waals surface area contributed by atoms with Gasteiger partial charge < -0.3 is 14.2 Å². The van der Waals surface area contributed by atoms with Crippen LogP contribution in [-0.2, 0) is 11.3 Å². The van der Waals surface area contributed by atoms with Crippen LogP contribution in [0.1, 0.15) is 29.7 Å². The molecule has 3 aromatic carbocycles. The van der Waals surface area contributed by atoms with Gasteiger partial charge in [0.25, 0.3) is 0 Å². The Kier molecular flexibility index (Phi) is 7.42. The maximum absolute atomic E-state index is 5.93. The van der Waals surface area contributed by atoms with Gasteiger partial charge in [0.1, 0.15) is 11.5 Å². The maximum Gasteiger partial charge on any atom is 0.118 e. The van der Waals surface area contributed by atoms with Crippen molar-refractivity contribution in [2.24, 2.45) is 4.99 Å². The number of ether oxygens (including phenoxy) is 3. The number of rotatable bonds is 9. The Morgan fingerprint density at radius 3 is 1.76 bits per heavy atom. The van der Waals surface area contributed by atoms with Gasteiger partial charge in [0.2, 0.25) is 0 Å². The van der Waals surface area contributed by atoms with Gasteiger partial charge in [0.15, 0.2) is 0 Å². The summed E-state index contributed by atoms with van der Waals surface area (Å²) in [5, 5.41) is 0. The van der Waals surface area contributed by atoms with E-state index in [1.54, 1.807) is 14.2 Å². The Labute approximate surface area is 172 Å². The summed E-state index contributed by atoms with van der Waals surface area (Å²) in [4.78, 5) is 4.86. The van der Waals surface area contributed by atoms with E-state index in [4.69, 9.17) is 19.2 Å². The van der Waals surface area contributed by atoms with Gasteiger partial charge in [-0.15, -0.1) is 0 Å². The van der Waals surface area contributed by atoms with Crippen molar-refractivity contribution >= 4 is 6.21 Å². The average Bonchev–Trinajstić information content (AvgIpc) is 2.79. The molecule has 3 aromatic rings. The molecular weight excluding hydrogens is 362 g/mol. The van der Waals surface area contributed by atoms with E-state index < -0.39 is 0 Å². The van der Waals surface area contributed by atoms with Gasteiger partial charge in [-0.2, -0.15) is 0 Å². The minimum Gasteiger partial charge on any atom is -0.497 e. The topological polar surface area (TPSA) is 40.0 Å². The van der Waals surface area contributed by atoms with E-state index in [0.717, 1.165) is 28.2 Å². The van der Waals surface area contributed by atoms with E-state index in [0.29, 0.717) is 6.61 Å². The van der Waals surface area contributed by atoms with Crippen LogP contribution in [0.15, 0.2) is 83.9 Å². The minimum atomic E-state index is -0.130. The molecule has 0 radical (unpaired) electrons. The monoisotopic (exact) mass is 389 g/mol. The highest BCUT2D eigenvalue weighted by Gasteiger charge is 2.13. The Morgan fingerprint density at radius 2 is 1.28 bits per heavy atom. The molecule has 1 atom stereocenters. The fraction of sp³-hybridized carbons (Fsp3) is 0.240. The van der Waals surface area contributed by atoms with E-state index >= 15 is 0 Å². The molecule has 4 heteroatoms. The van der Waals surface area contributed by atoms with Crippen molar-refractivity contribution in [2.45, 2.75) is 25.7 Å². The predicted octanol–water partition coefficient (Wildman–Crippen LogP) is 5.47. The molecule has 0 spiro atoms. The molecule has 4 nitrogen and oxygen atoms in total. The van der Waals surface area contributed by atoms with E-state index in [9.17, 15) is 0 Å².